The molecular weight excluding hydrogens is 873 g/mol. The van der Waals surface area contributed by atoms with Gasteiger partial charge in [0.05, 0.1) is 25.0 Å². The number of nitrogens with zero attached hydrogens (tertiary/aromatic N) is 3. The zero-order valence-electron chi connectivity index (χ0n) is 37.1. The number of benzene rings is 1. The number of amides is 6. The van der Waals surface area contributed by atoms with Crippen LogP contribution in [0.3, 0.4) is 0 Å². The number of aliphatic carboxylic acids is 1. The van der Waals surface area contributed by atoms with Crippen molar-refractivity contribution < 1.29 is 38.7 Å². The molecule has 13 N–H and O–H groups in total. The molecule has 0 aliphatic rings. The number of carbonyl (C=O) groups excluding carboxylic acids is 6. The molecule has 354 valence electrons. The van der Waals surface area contributed by atoms with Crippen LogP contribution in [0.15, 0.2) is 68.0 Å². The Morgan fingerprint density at radius 3 is 1.52 bits per heavy atom. The molecular formula is C43H58N14O8S. The lowest BCUT2D eigenvalue weighted by atomic mass is 9.99. The van der Waals surface area contributed by atoms with Gasteiger partial charge in [-0.15, -0.1) is 0 Å². The molecule has 5 aromatic rings. The van der Waals surface area contributed by atoms with E-state index in [4.69, 9.17) is 5.73 Å². The second-order valence-electron chi connectivity index (χ2n) is 16.3. The number of hydrogen-bond acceptors (Lipinski definition) is 12. The van der Waals surface area contributed by atoms with E-state index in [1.54, 1.807) is 6.20 Å². The summed E-state index contributed by atoms with van der Waals surface area (Å²) in [4.78, 5) is 119. The van der Waals surface area contributed by atoms with Gasteiger partial charge in [-0.05, 0) is 49.3 Å². The van der Waals surface area contributed by atoms with Gasteiger partial charge in [0.15, 0.2) is 0 Å². The molecule has 4 aromatic heterocycles. The average molecular weight is 931 g/mol. The lowest BCUT2D eigenvalue weighted by Gasteiger charge is -2.28. The Kier molecular flexibility index (Phi) is 18.4. The molecule has 4 heterocycles. The van der Waals surface area contributed by atoms with E-state index < -0.39 is 83.7 Å². The molecule has 23 heteroatoms. The summed E-state index contributed by atoms with van der Waals surface area (Å²) in [6.07, 6.45) is 12.5. The molecule has 0 aliphatic heterocycles. The number of carboxylic acid groups (broad SMARTS) is 1. The topological polar surface area (TPSA) is 340 Å². The monoisotopic (exact) mass is 930 g/mol. The standard InChI is InChI=1S/C43H58N14O8S/c1-23(2)11-32(54-41(62)35(14-27-18-46-21-50-27)53-37(58)30(44)9-10-66-4)39(60)55-33(12-25-16-48-31-8-6-5-7-29(25)31)40(61)57-36(15-28-19-47-22-51-28)42(63)56-34(13-26-17-45-20-49-26)38(59)52-24(3)43(64)65/h5-8,16-24,30,32-36,48H,9-15,44H2,1-4H3,(H,45,49)(H,46,50)(H,47,51)(H,52,59)(H,53,58)(H,54,62)(H,55,60)(H,56,63)(H,57,61)(H,64,65)/t24-,30-,32-,33-,34-,35-,36-/m0/s1. The van der Waals surface area contributed by atoms with Gasteiger partial charge in [0.2, 0.25) is 35.4 Å². The van der Waals surface area contributed by atoms with Crippen molar-refractivity contribution in [1.82, 2.24) is 66.8 Å². The molecule has 5 rings (SSSR count). The molecule has 0 bridgehead atoms. The summed E-state index contributed by atoms with van der Waals surface area (Å²) in [6, 6.07) is -1.15. The van der Waals surface area contributed by atoms with Crippen molar-refractivity contribution in [1.29, 1.82) is 0 Å². The van der Waals surface area contributed by atoms with Gasteiger partial charge < -0.3 is 62.7 Å². The first-order valence-corrected chi connectivity index (χ1v) is 22.8. The van der Waals surface area contributed by atoms with Gasteiger partial charge in [0.1, 0.15) is 36.3 Å². The number of fused-ring (bicyclic) bond motifs is 1. The summed E-state index contributed by atoms with van der Waals surface area (Å²) >= 11 is 1.53. The van der Waals surface area contributed by atoms with E-state index in [9.17, 15) is 38.7 Å². The molecule has 1 aromatic carbocycles. The molecule has 0 saturated carbocycles. The van der Waals surface area contributed by atoms with E-state index in [-0.39, 0.29) is 38.0 Å². The number of H-pyrrole nitrogens is 4. The Bertz CT molecular complexity index is 2370. The molecule has 6 amide bonds. The number of aromatic nitrogens is 7. The predicted molar refractivity (Wildman–Crippen MR) is 244 cm³/mol. The van der Waals surface area contributed by atoms with E-state index in [0.29, 0.717) is 34.8 Å². The fourth-order valence-corrected chi connectivity index (χ4v) is 7.52. The number of rotatable bonds is 26. The first-order valence-electron chi connectivity index (χ1n) is 21.4. The van der Waals surface area contributed by atoms with Crippen molar-refractivity contribution in [3.05, 3.63) is 90.7 Å². The van der Waals surface area contributed by atoms with Crippen molar-refractivity contribution in [2.45, 2.75) is 102 Å². The summed E-state index contributed by atoms with van der Waals surface area (Å²) in [5, 5.41) is 26.4. The van der Waals surface area contributed by atoms with Crippen molar-refractivity contribution in [2.75, 3.05) is 12.0 Å². The number of nitrogens with one attached hydrogen (secondary N) is 10. The molecule has 66 heavy (non-hydrogen) atoms. The fraction of sp³-hybridized carbons (Fsp3) is 0.442. The summed E-state index contributed by atoms with van der Waals surface area (Å²) < 4.78 is 0. The number of hydrogen-bond donors (Lipinski definition) is 12. The Morgan fingerprint density at radius 2 is 1.06 bits per heavy atom. The van der Waals surface area contributed by atoms with Crippen LogP contribution in [0.4, 0.5) is 0 Å². The number of para-hydroxylation sites is 1. The average Bonchev–Trinajstić information content (AvgIpc) is 4.14. The van der Waals surface area contributed by atoms with Crippen molar-refractivity contribution in [3.63, 3.8) is 0 Å². The van der Waals surface area contributed by atoms with Gasteiger partial charge in [-0.25, -0.2) is 15.0 Å². The van der Waals surface area contributed by atoms with E-state index in [2.05, 4.69) is 66.8 Å². The highest BCUT2D eigenvalue weighted by molar-refractivity contribution is 7.98. The smallest absolute Gasteiger partial charge is 0.325 e. The molecule has 0 spiro atoms. The van der Waals surface area contributed by atoms with Gasteiger partial charge in [-0.3, -0.25) is 33.6 Å². The van der Waals surface area contributed by atoms with E-state index in [1.165, 1.54) is 56.3 Å². The van der Waals surface area contributed by atoms with Gasteiger partial charge in [-0.1, -0.05) is 32.0 Å². The molecule has 22 nitrogen and oxygen atoms in total. The maximum atomic E-state index is 14.6. The molecule has 0 fully saturated rings. The zero-order valence-corrected chi connectivity index (χ0v) is 37.9. The first-order chi connectivity index (χ1) is 31.6. The SMILES string of the molecule is CSCC[C@H](N)C(=O)N[C@@H](Cc1cnc[nH]1)C(=O)N[C@@H](CC(C)C)C(=O)N[C@@H](Cc1c[nH]c2ccccc12)C(=O)N[C@@H](Cc1cnc[nH]1)C(=O)N[C@@H](Cc1cnc[nH]1)C(=O)N[C@@H](C)C(=O)O. The highest BCUT2D eigenvalue weighted by atomic mass is 32.2. The number of aromatic amines is 4. The summed E-state index contributed by atoms with van der Waals surface area (Å²) in [7, 11) is 0. The lowest BCUT2D eigenvalue weighted by molar-refractivity contribution is -0.141. The van der Waals surface area contributed by atoms with Crippen LogP contribution in [-0.2, 0) is 59.2 Å². The van der Waals surface area contributed by atoms with Crippen LogP contribution >= 0.6 is 11.8 Å². The molecule has 0 radical (unpaired) electrons. The number of imidazole rings is 3. The van der Waals surface area contributed by atoms with E-state index in [0.717, 1.165) is 10.9 Å². The Labute approximate surface area is 384 Å². The van der Waals surface area contributed by atoms with Gasteiger partial charge in [-0.2, -0.15) is 11.8 Å². The number of carboxylic acids is 1. The largest absolute Gasteiger partial charge is 0.480 e. The maximum Gasteiger partial charge on any atom is 0.325 e. The van der Waals surface area contributed by atoms with Gasteiger partial charge in [0.25, 0.3) is 0 Å². The first kappa shape index (κ1) is 50.0. The van der Waals surface area contributed by atoms with E-state index >= 15 is 0 Å². The maximum absolute atomic E-state index is 14.6. The van der Waals surface area contributed by atoms with Crippen LogP contribution in [0.5, 0.6) is 0 Å². The Hall–Kier alpha value is -7.01. The van der Waals surface area contributed by atoms with Crippen LogP contribution in [-0.4, -0.2) is 136 Å². The Morgan fingerprint density at radius 1 is 0.621 bits per heavy atom. The van der Waals surface area contributed by atoms with Crippen LogP contribution in [0.2, 0.25) is 0 Å². The summed E-state index contributed by atoms with van der Waals surface area (Å²) in [6.45, 7) is 4.99. The third-order valence-electron chi connectivity index (χ3n) is 10.6. The normalized spacial score (nSPS) is 14.5. The molecule has 7 atom stereocenters. The second kappa shape index (κ2) is 24.3. The predicted octanol–water partition coefficient (Wildman–Crippen LogP) is -0.252. The minimum atomic E-state index is -1.37. The number of nitrogens with two attached hydrogens (primary N) is 1. The van der Waals surface area contributed by atoms with Crippen molar-refractivity contribution in [3.8, 4) is 0 Å². The zero-order chi connectivity index (χ0) is 47.8. The summed E-state index contributed by atoms with van der Waals surface area (Å²) in [5.74, 6) is -5.09. The molecule has 0 aliphatic carbocycles. The van der Waals surface area contributed by atoms with Gasteiger partial charge >= 0.3 is 5.97 Å². The van der Waals surface area contributed by atoms with Crippen LogP contribution in [0.1, 0.15) is 56.3 Å². The number of carbonyl (C=O) groups is 7. The van der Waals surface area contributed by atoms with Crippen LogP contribution < -0.4 is 37.6 Å². The third-order valence-corrected chi connectivity index (χ3v) is 11.3. The lowest BCUT2D eigenvalue weighted by Crippen LogP contribution is -2.61. The molecule has 0 saturated heterocycles. The second-order valence-corrected chi connectivity index (χ2v) is 17.3. The fourth-order valence-electron chi connectivity index (χ4n) is 7.03. The van der Waals surface area contributed by atoms with Crippen molar-refractivity contribution in [2.24, 2.45) is 11.7 Å². The summed E-state index contributed by atoms with van der Waals surface area (Å²) in [5.41, 5.74) is 9.03. The highest BCUT2D eigenvalue weighted by Crippen LogP contribution is 2.20. The highest BCUT2D eigenvalue weighted by Gasteiger charge is 2.35. The number of thioether (sulfide) groups is 1. The van der Waals surface area contributed by atoms with E-state index in [1.807, 2.05) is 44.4 Å². The van der Waals surface area contributed by atoms with Crippen LogP contribution in [0.25, 0.3) is 10.9 Å². The van der Waals surface area contributed by atoms with Crippen molar-refractivity contribution >= 4 is 64.1 Å². The quantitative estimate of drug-likeness (QED) is 0.0341. The van der Waals surface area contributed by atoms with Crippen LogP contribution in [0, 0.1) is 5.92 Å². The Balaban J connectivity index is 1.42. The minimum Gasteiger partial charge on any atom is -0.480 e. The third kappa shape index (κ3) is 14.8. The minimum absolute atomic E-state index is 0.0111. The molecule has 0 unspecified atom stereocenters. The van der Waals surface area contributed by atoms with Gasteiger partial charge in [0, 0.05) is 78.5 Å².